The van der Waals surface area contributed by atoms with Gasteiger partial charge in [0.1, 0.15) is 6.10 Å². The molecule has 2 N–H and O–H groups in total. The Labute approximate surface area is 201 Å². The highest BCUT2D eigenvalue weighted by molar-refractivity contribution is 5.87. The topological polar surface area (TPSA) is 95.9 Å². The fourth-order valence-electron chi connectivity index (χ4n) is 4.57. The molecular formula is C27H34N2O5. The maximum Gasteiger partial charge on any atom is 0.333 e. The highest BCUT2D eigenvalue weighted by atomic mass is 16.5. The van der Waals surface area contributed by atoms with Crippen molar-refractivity contribution < 1.29 is 24.3 Å². The molecule has 7 heteroatoms. The zero-order valence-electron chi connectivity index (χ0n) is 19.6. The van der Waals surface area contributed by atoms with Crippen LogP contribution in [-0.4, -0.2) is 40.7 Å². The van der Waals surface area contributed by atoms with Crippen molar-refractivity contribution in [3.63, 3.8) is 0 Å². The molecule has 1 saturated carbocycles. The van der Waals surface area contributed by atoms with Crippen LogP contribution in [0.5, 0.6) is 0 Å². The number of carbonyl (C=O) groups excluding carboxylic acids is 3. The molecule has 1 aliphatic rings. The number of hydrogen-bond donors (Lipinski definition) is 2. The van der Waals surface area contributed by atoms with Crippen LogP contribution in [0.15, 0.2) is 60.7 Å². The van der Waals surface area contributed by atoms with Crippen LogP contribution in [0.2, 0.25) is 0 Å². The Bertz CT molecular complexity index is 915. The summed E-state index contributed by atoms with van der Waals surface area (Å²) in [4.78, 5) is 38.2. The number of carbonyl (C=O) groups is 3. The van der Waals surface area contributed by atoms with E-state index in [2.05, 4.69) is 5.32 Å². The molecule has 3 atom stereocenters. The van der Waals surface area contributed by atoms with Crippen molar-refractivity contribution in [3.05, 3.63) is 71.8 Å². The van der Waals surface area contributed by atoms with Gasteiger partial charge in [-0.05, 0) is 49.7 Å². The molecule has 0 radical (unpaired) electrons. The number of ether oxygens (including phenoxy) is 1. The number of nitrogens with one attached hydrogen (secondary N) is 1. The molecule has 0 aromatic heterocycles. The van der Waals surface area contributed by atoms with Crippen molar-refractivity contribution in [2.45, 2.75) is 70.1 Å². The van der Waals surface area contributed by atoms with Crippen LogP contribution in [0.4, 0.5) is 0 Å². The normalized spacial score (nSPS) is 16.3. The molecule has 3 rings (SSSR count). The summed E-state index contributed by atoms with van der Waals surface area (Å²) in [6, 6.07) is 16.7. The third-order valence-electron chi connectivity index (χ3n) is 6.37. The highest BCUT2D eigenvalue weighted by Gasteiger charge is 2.35. The first-order chi connectivity index (χ1) is 16.5. The Balaban J connectivity index is 1.87. The van der Waals surface area contributed by atoms with Crippen molar-refractivity contribution in [1.29, 1.82) is 0 Å². The summed E-state index contributed by atoms with van der Waals surface area (Å²) in [6.45, 7) is 1.93. The summed E-state index contributed by atoms with van der Waals surface area (Å²) in [5.41, 5.74) is 1.52. The minimum Gasteiger partial charge on any atom is -0.461 e. The average Bonchev–Trinajstić information content (AvgIpc) is 3.38. The van der Waals surface area contributed by atoms with Crippen LogP contribution >= 0.6 is 0 Å². The minimum absolute atomic E-state index is 0.133. The predicted molar refractivity (Wildman–Crippen MR) is 128 cm³/mol. The summed E-state index contributed by atoms with van der Waals surface area (Å²) in [5.74, 6) is -1.67. The fraction of sp³-hybridized carbons (Fsp3) is 0.444. The second-order valence-electron chi connectivity index (χ2n) is 8.83. The van der Waals surface area contributed by atoms with Crippen LogP contribution < -0.4 is 5.32 Å². The van der Waals surface area contributed by atoms with Crippen molar-refractivity contribution in [2.24, 2.45) is 5.92 Å². The first kappa shape index (κ1) is 25.4. The second kappa shape index (κ2) is 12.9. The van der Waals surface area contributed by atoms with Gasteiger partial charge in [-0.25, -0.2) is 9.86 Å². The smallest absolute Gasteiger partial charge is 0.333 e. The molecule has 0 aliphatic heterocycles. The van der Waals surface area contributed by atoms with Gasteiger partial charge in [-0.1, -0.05) is 74.0 Å². The van der Waals surface area contributed by atoms with Gasteiger partial charge in [0.05, 0.1) is 12.0 Å². The lowest BCUT2D eigenvalue weighted by Crippen LogP contribution is -2.48. The van der Waals surface area contributed by atoms with Crippen molar-refractivity contribution in [3.8, 4) is 0 Å². The molecule has 1 fully saturated rings. The molecule has 0 heterocycles. The monoisotopic (exact) mass is 466 g/mol. The van der Waals surface area contributed by atoms with Gasteiger partial charge in [0, 0.05) is 0 Å². The molecule has 1 aliphatic carbocycles. The van der Waals surface area contributed by atoms with Crippen LogP contribution in [0.3, 0.4) is 0 Å². The first-order valence-corrected chi connectivity index (χ1v) is 12.1. The Morgan fingerprint density at radius 1 is 1.09 bits per heavy atom. The van der Waals surface area contributed by atoms with Gasteiger partial charge in [-0.3, -0.25) is 14.8 Å². The van der Waals surface area contributed by atoms with E-state index in [9.17, 15) is 19.6 Å². The van der Waals surface area contributed by atoms with Gasteiger partial charge in [0.2, 0.25) is 12.3 Å². The highest BCUT2D eigenvalue weighted by Crippen LogP contribution is 2.26. The lowest BCUT2D eigenvalue weighted by Gasteiger charge is -2.31. The molecule has 34 heavy (non-hydrogen) atoms. The molecule has 0 unspecified atom stereocenters. The van der Waals surface area contributed by atoms with Crippen molar-refractivity contribution in [2.75, 3.05) is 0 Å². The Morgan fingerprint density at radius 2 is 1.71 bits per heavy atom. The van der Waals surface area contributed by atoms with E-state index in [0.717, 1.165) is 31.2 Å². The summed E-state index contributed by atoms with van der Waals surface area (Å²) < 4.78 is 5.73. The standard InChI is InChI=1S/C27H34N2O5/c1-2-11-24(29(33)19-30)23(18-20-12-5-3-6-13-20)26(31)28-25(21-14-7-4-8-15-21)27(32)34-22-16-9-10-17-22/h3-8,12-15,19,22-25,33H,2,9-11,16-18H2,1H3,(H,28,31)/t23-,24+,25+/m1/s1. The number of esters is 1. The molecule has 2 aromatic carbocycles. The number of benzene rings is 2. The van der Waals surface area contributed by atoms with Crippen LogP contribution in [-0.2, 0) is 25.5 Å². The summed E-state index contributed by atoms with van der Waals surface area (Å²) in [5, 5.41) is 13.7. The largest absolute Gasteiger partial charge is 0.461 e. The zero-order valence-corrected chi connectivity index (χ0v) is 19.6. The van der Waals surface area contributed by atoms with E-state index >= 15 is 0 Å². The lowest BCUT2D eigenvalue weighted by molar-refractivity contribution is -0.169. The van der Waals surface area contributed by atoms with E-state index in [1.807, 2.05) is 43.3 Å². The Kier molecular flexibility index (Phi) is 9.64. The van der Waals surface area contributed by atoms with E-state index in [-0.39, 0.29) is 6.10 Å². The SMILES string of the molecule is CCC[C@@H]([C@@H](Cc1ccccc1)C(=O)N[C@H](C(=O)OC1CCCC1)c1ccccc1)N(O)C=O. The average molecular weight is 467 g/mol. The molecular weight excluding hydrogens is 432 g/mol. The number of hydroxylamine groups is 2. The summed E-state index contributed by atoms with van der Waals surface area (Å²) in [6.07, 6.45) is 5.31. The van der Waals surface area contributed by atoms with Gasteiger partial charge in [0.15, 0.2) is 6.04 Å². The molecule has 2 aromatic rings. The molecule has 0 saturated heterocycles. The van der Waals surface area contributed by atoms with E-state index in [1.54, 1.807) is 24.3 Å². The van der Waals surface area contributed by atoms with Gasteiger partial charge in [0.25, 0.3) is 0 Å². The van der Waals surface area contributed by atoms with Gasteiger partial charge in [-0.2, -0.15) is 0 Å². The quantitative estimate of drug-likeness (QED) is 0.211. The summed E-state index contributed by atoms with van der Waals surface area (Å²) >= 11 is 0. The minimum atomic E-state index is -0.974. The number of amides is 2. The predicted octanol–water partition coefficient (Wildman–Crippen LogP) is 4.20. The van der Waals surface area contributed by atoms with Gasteiger partial charge in [-0.15, -0.1) is 0 Å². The van der Waals surface area contributed by atoms with E-state index in [1.165, 1.54) is 0 Å². The number of nitrogens with zero attached hydrogens (tertiary/aromatic N) is 1. The molecule has 182 valence electrons. The van der Waals surface area contributed by atoms with Crippen molar-refractivity contribution >= 4 is 18.3 Å². The van der Waals surface area contributed by atoms with Gasteiger partial charge < -0.3 is 10.1 Å². The molecule has 0 bridgehead atoms. The Hall–Kier alpha value is -3.19. The molecule has 2 amide bonds. The molecule has 7 nitrogen and oxygen atoms in total. The number of hydrogen-bond acceptors (Lipinski definition) is 5. The van der Waals surface area contributed by atoms with E-state index < -0.39 is 29.9 Å². The molecule has 0 spiro atoms. The second-order valence-corrected chi connectivity index (χ2v) is 8.83. The number of rotatable bonds is 12. The zero-order chi connectivity index (χ0) is 24.3. The third kappa shape index (κ3) is 6.90. The van der Waals surface area contributed by atoms with E-state index in [0.29, 0.717) is 36.3 Å². The van der Waals surface area contributed by atoms with Crippen LogP contribution in [0, 0.1) is 5.92 Å². The third-order valence-corrected chi connectivity index (χ3v) is 6.37. The van der Waals surface area contributed by atoms with Gasteiger partial charge >= 0.3 is 5.97 Å². The fourth-order valence-corrected chi connectivity index (χ4v) is 4.57. The van der Waals surface area contributed by atoms with Crippen LogP contribution in [0.1, 0.15) is 62.6 Å². The van der Waals surface area contributed by atoms with E-state index in [4.69, 9.17) is 4.74 Å². The first-order valence-electron chi connectivity index (χ1n) is 12.1. The Morgan fingerprint density at radius 3 is 2.29 bits per heavy atom. The van der Waals surface area contributed by atoms with Crippen molar-refractivity contribution in [1.82, 2.24) is 10.4 Å². The summed E-state index contributed by atoms with van der Waals surface area (Å²) in [7, 11) is 0. The lowest BCUT2D eigenvalue weighted by atomic mass is 9.88. The maximum absolute atomic E-state index is 13.6. The van der Waals surface area contributed by atoms with Crippen LogP contribution in [0.25, 0.3) is 0 Å². The maximum atomic E-state index is 13.6.